The van der Waals surface area contributed by atoms with Gasteiger partial charge in [0.25, 0.3) is 0 Å². The predicted molar refractivity (Wildman–Crippen MR) is 134 cm³/mol. The quantitative estimate of drug-likeness (QED) is 0.103. The second kappa shape index (κ2) is 15.6. The molecule has 0 amide bonds. The second-order valence-corrected chi connectivity index (χ2v) is 11.1. The third-order valence-corrected chi connectivity index (χ3v) is 8.21. The van der Waals surface area contributed by atoms with Gasteiger partial charge in [-0.2, -0.15) is 0 Å². The van der Waals surface area contributed by atoms with E-state index in [9.17, 15) is 71.5 Å². The van der Waals surface area contributed by atoms with Crippen molar-refractivity contribution in [1.82, 2.24) is 0 Å². The lowest BCUT2D eigenvalue weighted by molar-refractivity contribution is -0.405. The molecule has 0 saturated carbocycles. The van der Waals surface area contributed by atoms with Crippen LogP contribution < -0.4 is 0 Å². The summed E-state index contributed by atoms with van der Waals surface area (Å²) in [6, 6.07) is 0. The molecule has 4 heterocycles. The van der Waals surface area contributed by atoms with Crippen LogP contribution in [0.1, 0.15) is 0 Å². The Labute approximate surface area is 254 Å². The minimum atomic E-state index is -2.03. The van der Waals surface area contributed by atoms with Gasteiger partial charge in [0.15, 0.2) is 25.2 Å². The number of rotatable bonds is 10. The zero-order chi connectivity index (χ0) is 33.3. The fourth-order valence-electron chi connectivity index (χ4n) is 5.48. The van der Waals surface area contributed by atoms with E-state index in [1.807, 2.05) is 0 Å². The van der Waals surface area contributed by atoms with E-state index < -0.39 is 149 Å². The molecule has 0 aromatic carbocycles. The Kier molecular flexibility index (Phi) is 12.8. The maximum Gasteiger partial charge on any atom is 0.187 e. The first-order chi connectivity index (χ1) is 21.3. The van der Waals surface area contributed by atoms with Crippen molar-refractivity contribution in [2.45, 2.75) is 123 Å². The van der Waals surface area contributed by atoms with E-state index in [1.165, 1.54) is 0 Å². The monoisotopic (exact) mass is 666 g/mol. The second-order valence-electron chi connectivity index (χ2n) is 11.1. The van der Waals surface area contributed by atoms with Gasteiger partial charge in [-0.25, -0.2) is 0 Å². The zero-order valence-electron chi connectivity index (χ0n) is 23.5. The van der Waals surface area contributed by atoms with Crippen molar-refractivity contribution < 1.29 is 105 Å². The van der Waals surface area contributed by atoms with Gasteiger partial charge in [-0.05, 0) is 0 Å². The van der Waals surface area contributed by atoms with E-state index in [0.29, 0.717) is 0 Å². The number of aliphatic hydroxyl groups is 14. The van der Waals surface area contributed by atoms with E-state index in [0.717, 1.165) is 0 Å². The van der Waals surface area contributed by atoms with E-state index in [1.54, 1.807) is 0 Å². The molecule has 1 unspecified atom stereocenters. The Balaban J connectivity index is 1.61. The average molecular weight is 667 g/mol. The molecule has 0 aliphatic carbocycles. The minimum absolute atomic E-state index is 0.791. The Morgan fingerprint density at radius 2 is 0.644 bits per heavy atom. The first kappa shape index (κ1) is 37.0. The Hall–Kier alpha value is -0.840. The molecule has 45 heavy (non-hydrogen) atoms. The lowest BCUT2D eigenvalue weighted by atomic mass is 9.96. The fourth-order valence-corrected chi connectivity index (χ4v) is 5.48. The van der Waals surface area contributed by atoms with Crippen LogP contribution in [0.5, 0.6) is 0 Å². The predicted octanol–water partition coefficient (Wildman–Crippen LogP) is -9.75. The van der Waals surface area contributed by atoms with Crippen molar-refractivity contribution in [2.24, 2.45) is 0 Å². The summed E-state index contributed by atoms with van der Waals surface area (Å²) >= 11 is 0. The highest BCUT2D eigenvalue weighted by atomic mass is 16.8. The van der Waals surface area contributed by atoms with Crippen molar-refractivity contribution in [3.63, 3.8) is 0 Å². The third kappa shape index (κ3) is 7.44. The standard InChI is InChI=1S/C24H42O21/c25-1-5-10(30)14(34)18(21(38)39-5)43-23-20(16(36)12(32)7(3-27)41-23)45-24-19(15(35)11(31)8(4-28)42-24)44-22-17(37)13(33)9(29)6(2-26)40-22/h5-38H,1-4H2/t5-,6-,7-,8-,9-,10-,11-,12-,13+,14+,15+,16+,17+,18+,19+,20+,21?,22+,23-,24+/m1/s1. The highest BCUT2D eigenvalue weighted by molar-refractivity contribution is 4.97. The fraction of sp³-hybridized carbons (Fsp3) is 1.00. The molecule has 0 aromatic heterocycles. The highest BCUT2D eigenvalue weighted by Gasteiger charge is 2.55. The van der Waals surface area contributed by atoms with Gasteiger partial charge in [0.1, 0.15) is 97.7 Å². The van der Waals surface area contributed by atoms with E-state index in [-0.39, 0.29) is 0 Å². The summed E-state index contributed by atoms with van der Waals surface area (Å²) in [6.45, 7) is -3.41. The van der Waals surface area contributed by atoms with Crippen LogP contribution in [0.15, 0.2) is 0 Å². The van der Waals surface area contributed by atoms with Crippen molar-refractivity contribution in [3.8, 4) is 0 Å². The Bertz CT molecular complexity index is 916. The molecule has 0 bridgehead atoms. The Morgan fingerprint density at radius 1 is 0.333 bits per heavy atom. The van der Waals surface area contributed by atoms with Crippen molar-refractivity contribution >= 4 is 0 Å². The van der Waals surface area contributed by atoms with Gasteiger partial charge in [-0.3, -0.25) is 0 Å². The summed E-state index contributed by atoms with van der Waals surface area (Å²) < 4.78 is 38.3. The highest BCUT2D eigenvalue weighted by Crippen LogP contribution is 2.34. The van der Waals surface area contributed by atoms with E-state index in [4.69, 9.17) is 33.2 Å². The van der Waals surface area contributed by atoms with Crippen molar-refractivity contribution in [3.05, 3.63) is 0 Å². The molecule has 14 N–H and O–H groups in total. The van der Waals surface area contributed by atoms with Crippen LogP contribution >= 0.6 is 0 Å². The van der Waals surface area contributed by atoms with Gasteiger partial charge in [0.05, 0.1) is 26.4 Å². The molecule has 4 rings (SSSR count). The molecule has 0 aromatic rings. The third-order valence-electron chi connectivity index (χ3n) is 8.21. The van der Waals surface area contributed by atoms with Crippen LogP contribution in [0.3, 0.4) is 0 Å². The minimum Gasteiger partial charge on any atom is -0.394 e. The first-order valence-electron chi connectivity index (χ1n) is 14.1. The largest absolute Gasteiger partial charge is 0.394 e. The molecule has 264 valence electrons. The summed E-state index contributed by atoms with van der Waals surface area (Å²) in [5.74, 6) is 0. The SMILES string of the molecule is OC[C@H]1O[C@@H](O[C@@H]2[C@H](O[C@@H]3[C@@H](O[C@@H]4C(O)O[C@H](CO)[C@@H](O)[C@@H]4O)O[C@H](CO)[C@@H](O)[C@@H]3O)O[C@H](CO)[C@@H](O)[C@@H]2O)[C@@H](O)[C@@H](O)[C@@H]1O. The first-order valence-corrected chi connectivity index (χ1v) is 14.1. The molecule has 0 spiro atoms. The van der Waals surface area contributed by atoms with Crippen molar-refractivity contribution in [1.29, 1.82) is 0 Å². The molecule has 21 nitrogen and oxygen atoms in total. The number of aliphatic hydroxyl groups excluding tert-OH is 14. The van der Waals surface area contributed by atoms with Gasteiger partial charge < -0.3 is 105 Å². The van der Waals surface area contributed by atoms with Crippen LogP contribution in [-0.2, 0) is 33.2 Å². The molecular formula is C24H42O21. The number of hydrogen-bond donors (Lipinski definition) is 14. The molecule has 4 aliphatic rings. The van der Waals surface area contributed by atoms with Crippen LogP contribution in [0.2, 0.25) is 0 Å². The van der Waals surface area contributed by atoms with Crippen LogP contribution in [0, 0.1) is 0 Å². The molecule has 20 atom stereocenters. The van der Waals surface area contributed by atoms with Gasteiger partial charge in [0, 0.05) is 0 Å². The maximum absolute atomic E-state index is 11.0. The van der Waals surface area contributed by atoms with Crippen LogP contribution in [-0.4, -0.2) is 221 Å². The molecule has 4 saturated heterocycles. The van der Waals surface area contributed by atoms with E-state index >= 15 is 0 Å². The van der Waals surface area contributed by atoms with Gasteiger partial charge >= 0.3 is 0 Å². The van der Waals surface area contributed by atoms with Gasteiger partial charge in [-0.15, -0.1) is 0 Å². The van der Waals surface area contributed by atoms with Gasteiger partial charge in [-0.1, -0.05) is 0 Å². The normalized spacial score (nSPS) is 52.9. The van der Waals surface area contributed by atoms with E-state index in [2.05, 4.69) is 0 Å². The molecule has 4 aliphatic heterocycles. The molecule has 0 radical (unpaired) electrons. The molecule has 21 heteroatoms. The maximum atomic E-state index is 11.0. The van der Waals surface area contributed by atoms with Crippen LogP contribution in [0.25, 0.3) is 0 Å². The summed E-state index contributed by atoms with van der Waals surface area (Å²) in [5, 5.41) is 143. The summed E-state index contributed by atoms with van der Waals surface area (Å²) in [7, 11) is 0. The summed E-state index contributed by atoms with van der Waals surface area (Å²) in [6.07, 6.45) is -36.6. The lowest BCUT2D eigenvalue weighted by Crippen LogP contribution is -2.68. The van der Waals surface area contributed by atoms with Crippen molar-refractivity contribution in [2.75, 3.05) is 26.4 Å². The topological polar surface area (TPSA) is 348 Å². The summed E-state index contributed by atoms with van der Waals surface area (Å²) in [4.78, 5) is 0. The lowest BCUT2D eigenvalue weighted by Gasteiger charge is -2.49. The Morgan fingerprint density at radius 3 is 1.07 bits per heavy atom. The number of ether oxygens (including phenoxy) is 7. The average Bonchev–Trinajstić information content (AvgIpc) is 3.03. The van der Waals surface area contributed by atoms with Crippen LogP contribution in [0.4, 0.5) is 0 Å². The molecule has 4 fully saturated rings. The van der Waals surface area contributed by atoms with Gasteiger partial charge in [0.2, 0.25) is 0 Å². The smallest absolute Gasteiger partial charge is 0.187 e. The summed E-state index contributed by atoms with van der Waals surface area (Å²) in [5.41, 5.74) is 0. The zero-order valence-corrected chi connectivity index (χ0v) is 23.5. The molecular weight excluding hydrogens is 624 g/mol. The number of hydrogen-bond acceptors (Lipinski definition) is 21.